The normalized spacial score (nSPS) is 22.0. The first-order valence-electron chi connectivity index (χ1n) is 4.83. The quantitative estimate of drug-likeness (QED) is 0.754. The topological polar surface area (TPSA) is 49.4 Å². The third kappa shape index (κ3) is 2.47. The van der Waals surface area contributed by atoms with E-state index in [2.05, 4.69) is 21.2 Å². The van der Waals surface area contributed by atoms with Gasteiger partial charge in [0.2, 0.25) is 11.8 Å². The fourth-order valence-electron chi connectivity index (χ4n) is 1.64. The van der Waals surface area contributed by atoms with Crippen LogP contribution < -0.4 is 5.32 Å². The van der Waals surface area contributed by atoms with E-state index in [4.69, 9.17) is 0 Å². The molecule has 0 aromatic heterocycles. The van der Waals surface area contributed by atoms with Gasteiger partial charge in [0.25, 0.3) is 0 Å². The Balaban J connectivity index is 2.64. The van der Waals surface area contributed by atoms with Crippen LogP contribution in [0, 0.1) is 0 Å². The fourth-order valence-corrected chi connectivity index (χ4v) is 1.98. The van der Waals surface area contributed by atoms with Gasteiger partial charge in [-0.3, -0.25) is 9.59 Å². The Morgan fingerprint density at radius 3 is 3.00 bits per heavy atom. The number of hydrogen-bond donors (Lipinski definition) is 1. The summed E-state index contributed by atoms with van der Waals surface area (Å²) in [5, 5.41) is 3.42. The van der Waals surface area contributed by atoms with Crippen molar-refractivity contribution in [3.05, 3.63) is 0 Å². The van der Waals surface area contributed by atoms with Crippen molar-refractivity contribution in [3.63, 3.8) is 0 Å². The molecule has 1 aliphatic rings. The average Bonchev–Trinajstić information content (AvgIpc) is 2.17. The summed E-state index contributed by atoms with van der Waals surface area (Å²) in [7, 11) is 0. The molecule has 1 N–H and O–H groups in total. The molecule has 14 heavy (non-hydrogen) atoms. The number of rotatable bonds is 3. The highest BCUT2D eigenvalue weighted by Crippen LogP contribution is 2.10. The standard InChI is InChI=1S/C9H15BrN2O2/c1-2-7-9(14)11-5-6-12(7)8(13)3-4-10/h7H,2-6H2,1H3,(H,11,14). The molecule has 1 heterocycles. The summed E-state index contributed by atoms with van der Waals surface area (Å²) in [6, 6.07) is -0.268. The third-order valence-corrected chi connectivity index (χ3v) is 2.74. The predicted molar refractivity (Wildman–Crippen MR) is 57.2 cm³/mol. The van der Waals surface area contributed by atoms with Crippen LogP contribution in [-0.2, 0) is 9.59 Å². The van der Waals surface area contributed by atoms with Crippen molar-refractivity contribution in [3.8, 4) is 0 Å². The highest BCUT2D eigenvalue weighted by molar-refractivity contribution is 9.09. The minimum Gasteiger partial charge on any atom is -0.353 e. The predicted octanol–water partition coefficient (Wildman–Crippen LogP) is 0.508. The smallest absolute Gasteiger partial charge is 0.242 e. The van der Waals surface area contributed by atoms with Crippen molar-refractivity contribution in [2.75, 3.05) is 18.4 Å². The highest BCUT2D eigenvalue weighted by Gasteiger charge is 2.30. The third-order valence-electron chi connectivity index (χ3n) is 2.35. The first-order valence-corrected chi connectivity index (χ1v) is 5.96. The lowest BCUT2D eigenvalue weighted by Gasteiger charge is -2.34. The lowest BCUT2D eigenvalue weighted by molar-refractivity contribution is -0.143. The molecule has 0 aromatic rings. The molecular weight excluding hydrogens is 248 g/mol. The Morgan fingerprint density at radius 1 is 1.71 bits per heavy atom. The summed E-state index contributed by atoms with van der Waals surface area (Å²) < 4.78 is 0. The first-order chi connectivity index (χ1) is 6.70. The van der Waals surface area contributed by atoms with Crippen LogP contribution in [0.1, 0.15) is 19.8 Å². The monoisotopic (exact) mass is 262 g/mol. The number of carbonyl (C=O) groups excluding carboxylic acids is 2. The number of nitrogens with zero attached hydrogens (tertiary/aromatic N) is 1. The van der Waals surface area contributed by atoms with Gasteiger partial charge < -0.3 is 10.2 Å². The lowest BCUT2D eigenvalue weighted by atomic mass is 10.1. The van der Waals surface area contributed by atoms with Crippen LogP contribution in [0.2, 0.25) is 0 Å². The van der Waals surface area contributed by atoms with E-state index in [1.54, 1.807) is 4.90 Å². The second kappa shape index (κ2) is 5.34. The second-order valence-electron chi connectivity index (χ2n) is 3.24. The molecule has 80 valence electrons. The van der Waals surface area contributed by atoms with Crippen molar-refractivity contribution in [1.29, 1.82) is 0 Å². The largest absolute Gasteiger partial charge is 0.353 e. The zero-order chi connectivity index (χ0) is 10.6. The van der Waals surface area contributed by atoms with E-state index in [1.807, 2.05) is 6.92 Å². The summed E-state index contributed by atoms with van der Waals surface area (Å²) in [5.41, 5.74) is 0. The van der Waals surface area contributed by atoms with Crippen LogP contribution in [-0.4, -0.2) is 41.2 Å². The number of nitrogens with one attached hydrogen (secondary N) is 1. The van der Waals surface area contributed by atoms with Crippen molar-refractivity contribution < 1.29 is 9.59 Å². The molecule has 1 unspecified atom stereocenters. The summed E-state index contributed by atoms with van der Waals surface area (Å²) in [6.07, 6.45) is 1.14. The van der Waals surface area contributed by atoms with Gasteiger partial charge in [-0.15, -0.1) is 0 Å². The maximum atomic E-state index is 11.6. The van der Waals surface area contributed by atoms with E-state index in [9.17, 15) is 9.59 Å². The average molecular weight is 263 g/mol. The van der Waals surface area contributed by atoms with Crippen molar-refractivity contribution in [2.24, 2.45) is 0 Å². The second-order valence-corrected chi connectivity index (χ2v) is 4.03. The van der Waals surface area contributed by atoms with Crippen LogP contribution in [0.25, 0.3) is 0 Å². The molecule has 1 rings (SSSR count). The molecule has 0 saturated carbocycles. The van der Waals surface area contributed by atoms with Gasteiger partial charge in [-0.25, -0.2) is 0 Å². The van der Waals surface area contributed by atoms with Gasteiger partial charge in [0, 0.05) is 24.8 Å². The van der Waals surface area contributed by atoms with Crippen molar-refractivity contribution >= 4 is 27.7 Å². The van der Waals surface area contributed by atoms with Gasteiger partial charge in [-0.2, -0.15) is 0 Å². The summed E-state index contributed by atoms with van der Waals surface area (Å²) in [4.78, 5) is 24.7. The molecule has 4 nitrogen and oxygen atoms in total. The molecule has 0 aliphatic carbocycles. The molecule has 0 aromatic carbocycles. The Kier molecular flexibility index (Phi) is 4.38. The van der Waals surface area contributed by atoms with Crippen LogP contribution in [0.5, 0.6) is 0 Å². The number of carbonyl (C=O) groups is 2. The number of hydrogen-bond acceptors (Lipinski definition) is 2. The van der Waals surface area contributed by atoms with Crippen LogP contribution >= 0.6 is 15.9 Å². The molecule has 0 radical (unpaired) electrons. The van der Waals surface area contributed by atoms with Gasteiger partial charge in [-0.05, 0) is 6.42 Å². The lowest BCUT2D eigenvalue weighted by Crippen LogP contribution is -2.56. The van der Waals surface area contributed by atoms with Gasteiger partial charge in [0.15, 0.2) is 0 Å². The fraction of sp³-hybridized carbons (Fsp3) is 0.778. The van der Waals surface area contributed by atoms with E-state index >= 15 is 0 Å². The minimum atomic E-state index is -0.268. The van der Waals surface area contributed by atoms with Gasteiger partial charge in [0.05, 0.1) is 0 Å². The van der Waals surface area contributed by atoms with E-state index in [0.29, 0.717) is 31.3 Å². The molecule has 1 saturated heterocycles. The maximum Gasteiger partial charge on any atom is 0.242 e. The van der Waals surface area contributed by atoms with Crippen LogP contribution in [0.15, 0.2) is 0 Å². The molecule has 1 aliphatic heterocycles. The highest BCUT2D eigenvalue weighted by atomic mass is 79.9. The molecule has 0 spiro atoms. The van der Waals surface area contributed by atoms with Crippen LogP contribution in [0.4, 0.5) is 0 Å². The number of amides is 2. The van der Waals surface area contributed by atoms with E-state index in [-0.39, 0.29) is 17.9 Å². The zero-order valence-corrected chi connectivity index (χ0v) is 9.84. The molecule has 2 amide bonds. The molecule has 5 heteroatoms. The molecule has 1 fully saturated rings. The Hall–Kier alpha value is -0.580. The maximum absolute atomic E-state index is 11.6. The van der Waals surface area contributed by atoms with E-state index in [0.717, 1.165) is 0 Å². The SMILES string of the molecule is CCC1C(=O)NCCN1C(=O)CCBr. The van der Waals surface area contributed by atoms with E-state index < -0.39 is 0 Å². The Bertz CT molecular complexity index is 233. The molecule has 1 atom stereocenters. The summed E-state index contributed by atoms with van der Waals surface area (Å²) in [5.74, 6) is 0.0326. The number of alkyl halides is 1. The Morgan fingerprint density at radius 2 is 2.43 bits per heavy atom. The first kappa shape index (κ1) is 11.5. The number of halogens is 1. The van der Waals surface area contributed by atoms with Gasteiger partial charge >= 0.3 is 0 Å². The summed E-state index contributed by atoms with van der Waals surface area (Å²) >= 11 is 3.23. The summed E-state index contributed by atoms with van der Waals surface area (Å²) in [6.45, 7) is 3.13. The zero-order valence-electron chi connectivity index (χ0n) is 8.25. The van der Waals surface area contributed by atoms with Crippen molar-refractivity contribution in [1.82, 2.24) is 10.2 Å². The van der Waals surface area contributed by atoms with Gasteiger partial charge in [-0.1, -0.05) is 22.9 Å². The molecular formula is C9H15BrN2O2. The molecule has 0 bridgehead atoms. The van der Waals surface area contributed by atoms with Crippen molar-refractivity contribution in [2.45, 2.75) is 25.8 Å². The minimum absolute atomic E-state index is 0.0262. The van der Waals surface area contributed by atoms with Crippen LogP contribution in [0.3, 0.4) is 0 Å². The number of piperazine rings is 1. The van der Waals surface area contributed by atoms with Gasteiger partial charge in [0.1, 0.15) is 6.04 Å². The Labute approximate surface area is 92.2 Å². The van der Waals surface area contributed by atoms with E-state index in [1.165, 1.54) is 0 Å².